The van der Waals surface area contributed by atoms with Gasteiger partial charge in [0.2, 0.25) is 10.0 Å². The fraction of sp³-hybridized carbons (Fsp3) is 0.208. The van der Waals surface area contributed by atoms with Gasteiger partial charge in [-0.25, -0.2) is 22.2 Å². The van der Waals surface area contributed by atoms with Crippen molar-refractivity contribution in [3.8, 4) is 34.0 Å². The molecule has 0 radical (unpaired) electrons. The molecule has 0 saturated heterocycles. The summed E-state index contributed by atoms with van der Waals surface area (Å²) in [6.07, 6.45) is 0. The average molecular weight is 488 g/mol. The van der Waals surface area contributed by atoms with Gasteiger partial charge in [-0.2, -0.15) is 4.73 Å². The van der Waals surface area contributed by atoms with E-state index in [4.69, 9.17) is 4.74 Å². The maximum absolute atomic E-state index is 14.4. The third kappa shape index (κ3) is 4.28. The van der Waals surface area contributed by atoms with Crippen molar-refractivity contribution in [2.45, 2.75) is 27.7 Å². The Balaban J connectivity index is 1.96. The Morgan fingerprint density at radius 3 is 2.41 bits per heavy atom. The first-order chi connectivity index (χ1) is 16.0. The number of aryl methyl sites for hydroxylation is 2. The zero-order chi connectivity index (χ0) is 24.8. The predicted molar refractivity (Wildman–Crippen MR) is 125 cm³/mol. The standard InChI is InChI=1S/C24H23F2N3O4S/c1-5-34(31,32)28-17-7-9-21(33-22-8-6-16(25)11-20(22)26)18(12-17)19-10-13(2)29(30)24-23(19)14(3)15(4)27-24/h6-12,28,30H,5H2,1-4H3. The molecule has 2 N–H and O–H groups in total. The van der Waals surface area contributed by atoms with Crippen LogP contribution in [0.15, 0.2) is 42.5 Å². The maximum Gasteiger partial charge on any atom is 0.232 e. The van der Waals surface area contributed by atoms with E-state index < -0.39 is 21.7 Å². The van der Waals surface area contributed by atoms with Crippen molar-refractivity contribution in [2.24, 2.45) is 0 Å². The molecule has 178 valence electrons. The zero-order valence-electron chi connectivity index (χ0n) is 19.0. The molecule has 0 unspecified atom stereocenters. The van der Waals surface area contributed by atoms with Gasteiger partial charge in [0.25, 0.3) is 0 Å². The molecule has 0 spiro atoms. The number of benzene rings is 2. The smallest absolute Gasteiger partial charge is 0.232 e. The van der Waals surface area contributed by atoms with Crippen LogP contribution in [-0.4, -0.2) is 29.1 Å². The van der Waals surface area contributed by atoms with Gasteiger partial charge in [0.15, 0.2) is 17.4 Å². The number of nitrogens with one attached hydrogen (secondary N) is 1. The minimum atomic E-state index is -3.57. The van der Waals surface area contributed by atoms with Crippen LogP contribution in [0.25, 0.3) is 22.5 Å². The van der Waals surface area contributed by atoms with Crippen LogP contribution < -0.4 is 9.46 Å². The number of rotatable bonds is 6. The molecular weight excluding hydrogens is 464 g/mol. The first-order valence-corrected chi connectivity index (χ1v) is 12.1. The largest absolute Gasteiger partial charge is 0.454 e. The van der Waals surface area contributed by atoms with E-state index in [0.29, 0.717) is 40.0 Å². The van der Waals surface area contributed by atoms with Crippen molar-refractivity contribution >= 4 is 15.7 Å². The van der Waals surface area contributed by atoms with Crippen molar-refractivity contribution in [3.63, 3.8) is 0 Å². The molecule has 0 atom stereocenters. The van der Waals surface area contributed by atoms with Crippen molar-refractivity contribution in [1.29, 1.82) is 0 Å². The number of fused-ring (bicyclic) bond motifs is 1. The summed E-state index contributed by atoms with van der Waals surface area (Å²) in [6, 6.07) is 9.25. The molecule has 4 rings (SSSR count). The van der Waals surface area contributed by atoms with Crippen LogP contribution in [0.1, 0.15) is 23.9 Å². The monoisotopic (exact) mass is 487 g/mol. The van der Waals surface area contributed by atoms with E-state index in [9.17, 15) is 22.4 Å². The fourth-order valence-corrected chi connectivity index (χ4v) is 4.30. The second-order valence-corrected chi connectivity index (χ2v) is 9.94. The van der Waals surface area contributed by atoms with Gasteiger partial charge in [-0.15, -0.1) is 0 Å². The molecule has 2 heterocycles. The lowest BCUT2D eigenvalue weighted by Crippen LogP contribution is -2.14. The van der Waals surface area contributed by atoms with E-state index in [2.05, 4.69) is 9.71 Å². The van der Waals surface area contributed by atoms with Crippen molar-refractivity contribution in [1.82, 2.24) is 9.71 Å². The zero-order valence-corrected chi connectivity index (χ0v) is 19.8. The summed E-state index contributed by atoms with van der Waals surface area (Å²) in [4.78, 5) is 4.45. The van der Waals surface area contributed by atoms with Crippen LogP contribution in [-0.2, 0) is 10.0 Å². The molecule has 7 nitrogen and oxygen atoms in total. The molecule has 2 aromatic carbocycles. The number of hydrogen-bond acceptors (Lipinski definition) is 5. The molecule has 0 amide bonds. The van der Waals surface area contributed by atoms with E-state index in [0.717, 1.165) is 16.4 Å². The Morgan fingerprint density at radius 1 is 1.03 bits per heavy atom. The fourth-order valence-electron chi connectivity index (χ4n) is 3.67. The number of pyridine rings is 1. The van der Waals surface area contributed by atoms with Crippen LogP contribution >= 0.6 is 0 Å². The van der Waals surface area contributed by atoms with Gasteiger partial charge >= 0.3 is 0 Å². The topological polar surface area (TPSA) is 93.5 Å². The molecule has 10 heteroatoms. The molecule has 0 saturated carbocycles. The van der Waals surface area contributed by atoms with Gasteiger partial charge in [-0.1, -0.05) is 0 Å². The summed E-state index contributed by atoms with van der Waals surface area (Å²) in [6.45, 7) is 6.87. The van der Waals surface area contributed by atoms with Crippen LogP contribution in [0.2, 0.25) is 0 Å². The van der Waals surface area contributed by atoms with Crippen LogP contribution in [0, 0.1) is 32.4 Å². The third-order valence-corrected chi connectivity index (χ3v) is 6.92. The van der Waals surface area contributed by atoms with Gasteiger partial charge in [0.1, 0.15) is 11.6 Å². The summed E-state index contributed by atoms with van der Waals surface area (Å²) in [5.74, 6) is -1.41. The van der Waals surface area contributed by atoms with E-state index in [1.807, 2.05) is 13.8 Å². The summed E-state index contributed by atoms with van der Waals surface area (Å²) in [5, 5.41) is 10.5. The van der Waals surface area contributed by atoms with Crippen molar-refractivity contribution in [3.05, 3.63) is 71.1 Å². The highest BCUT2D eigenvalue weighted by molar-refractivity contribution is 7.92. The lowest BCUT2D eigenvalue weighted by Gasteiger charge is -2.19. The highest BCUT2D eigenvalue weighted by Crippen LogP contribution is 2.44. The first-order valence-electron chi connectivity index (χ1n) is 10.5. The number of aromatic nitrogens is 2. The summed E-state index contributed by atoms with van der Waals surface area (Å²) in [7, 11) is -3.57. The molecule has 0 aliphatic carbocycles. The SMILES string of the molecule is CCS(=O)(=O)Nc1ccc(Oc2ccc(F)cc2F)c(-c2cc(C)n(O)c3nc(C)c(C)c2-3)c1. The number of hydrogen-bond donors (Lipinski definition) is 2. The number of anilines is 1. The van der Waals surface area contributed by atoms with E-state index in [1.54, 1.807) is 19.1 Å². The van der Waals surface area contributed by atoms with E-state index in [1.165, 1.54) is 25.1 Å². The Hall–Kier alpha value is -3.66. The number of nitrogens with zero attached hydrogens (tertiary/aromatic N) is 2. The van der Waals surface area contributed by atoms with Gasteiger partial charge in [0.05, 0.1) is 11.4 Å². The highest BCUT2D eigenvalue weighted by Gasteiger charge is 2.25. The Labute approximate surface area is 196 Å². The second kappa shape index (κ2) is 8.60. The molecule has 2 aliphatic heterocycles. The molecular formula is C24H23F2N3O4S. The minimum Gasteiger partial charge on any atom is -0.454 e. The lowest BCUT2D eigenvalue weighted by atomic mass is 9.95. The first kappa shape index (κ1) is 23.5. The van der Waals surface area contributed by atoms with Crippen molar-refractivity contribution < 1.29 is 27.1 Å². The van der Waals surface area contributed by atoms with E-state index in [-0.39, 0.29) is 22.9 Å². The van der Waals surface area contributed by atoms with Gasteiger partial charge in [-0.05, 0) is 75.2 Å². The molecule has 2 aromatic rings. The van der Waals surface area contributed by atoms with Crippen LogP contribution in [0.5, 0.6) is 11.5 Å². The number of sulfonamides is 1. The van der Waals surface area contributed by atoms with Gasteiger partial charge < -0.3 is 9.94 Å². The quantitative estimate of drug-likeness (QED) is 0.343. The normalized spacial score (nSPS) is 11.7. The minimum absolute atomic E-state index is 0.119. The lowest BCUT2D eigenvalue weighted by molar-refractivity contribution is 0.180. The molecule has 2 aliphatic rings. The molecule has 0 aromatic heterocycles. The summed E-state index contributed by atoms with van der Waals surface area (Å²) >= 11 is 0. The Kier molecular flexibility index (Phi) is 5.94. The van der Waals surface area contributed by atoms with Crippen LogP contribution in [0.4, 0.5) is 14.5 Å². The summed E-state index contributed by atoms with van der Waals surface area (Å²) < 4.78 is 61.4. The van der Waals surface area contributed by atoms with Crippen LogP contribution in [0.3, 0.4) is 0 Å². The van der Waals surface area contributed by atoms with Crippen molar-refractivity contribution in [2.75, 3.05) is 10.5 Å². The Morgan fingerprint density at radius 2 is 1.74 bits per heavy atom. The molecule has 0 fully saturated rings. The van der Waals surface area contributed by atoms with E-state index >= 15 is 0 Å². The second-order valence-electron chi connectivity index (χ2n) is 7.93. The Bertz CT molecular complexity index is 1480. The summed E-state index contributed by atoms with van der Waals surface area (Å²) in [5.41, 5.74) is 3.94. The third-order valence-electron chi connectivity index (χ3n) is 5.61. The molecule has 0 bridgehead atoms. The number of ether oxygens (including phenoxy) is 1. The van der Waals surface area contributed by atoms with Gasteiger partial charge in [-0.3, -0.25) is 4.72 Å². The highest BCUT2D eigenvalue weighted by atomic mass is 32.2. The molecule has 34 heavy (non-hydrogen) atoms. The van der Waals surface area contributed by atoms with Gasteiger partial charge in [0, 0.05) is 28.6 Å². The average Bonchev–Trinajstić information content (AvgIpc) is 3.08. The maximum atomic E-state index is 14.4. The predicted octanol–water partition coefficient (Wildman–Crippen LogP) is 5.65. The number of halogens is 2.